The first kappa shape index (κ1) is 13.5. The first-order chi connectivity index (χ1) is 8.87. The molecule has 0 fully saturated rings. The van der Waals surface area contributed by atoms with E-state index in [-0.39, 0.29) is 11.5 Å². The Bertz CT molecular complexity index is 708. The van der Waals surface area contributed by atoms with E-state index >= 15 is 0 Å². The number of esters is 1. The van der Waals surface area contributed by atoms with Crippen molar-refractivity contribution in [3.8, 4) is 5.75 Å². The minimum Gasteiger partial charge on any atom is -0.424 e. The molecule has 0 saturated heterocycles. The lowest BCUT2D eigenvalue weighted by Gasteiger charge is -2.10. The molecule has 0 spiro atoms. The molecule has 2 aromatic rings. The lowest BCUT2D eigenvalue weighted by molar-refractivity contribution is -0.137. The lowest BCUT2D eigenvalue weighted by atomic mass is 10.2. The van der Waals surface area contributed by atoms with E-state index in [1.807, 2.05) is 0 Å². The van der Waals surface area contributed by atoms with Crippen LogP contribution in [-0.4, -0.2) is 41.8 Å². The van der Waals surface area contributed by atoms with E-state index in [4.69, 9.17) is 4.74 Å². The smallest absolute Gasteiger partial charge is 0.315 e. The van der Waals surface area contributed by atoms with E-state index < -0.39 is 21.7 Å². The van der Waals surface area contributed by atoms with Crippen LogP contribution in [0.15, 0.2) is 18.2 Å². The van der Waals surface area contributed by atoms with Gasteiger partial charge in [-0.1, -0.05) is 18.2 Å². The van der Waals surface area contributed by atoms with Crippen LogP contribution >= 0.6 is 0 Å². The number of aromatic nitrogens is 3. The van der Waals surface area contributed by atoms with Crippen LogP contribution in [0.5, 0.6) is 5.75 Å². The van der Waals surface area contributed by atoms with Gasteiger partial charge in [0.15, 0.2) is 11.3 Å². The Balaban J connectivity index is 2.17. The van der Waals surface area contributed by atoms with E-state index in [0.29, 0.717) is 11.0 Å². The van der Waals surface area contributed by atoms with Crippen molar-refractivity contribution in [2.45, 2.75) is 6.92 Å². The zero-order valence-electron chi connectivity index (χ0n) is 10.5. The molecular weight excluding hydrogens is 270 g/mol. The fourth-order valence-corrected chi connectivity index (χ4v) is 2.70. The van der Waals surface area contributed by atoms with Crippen LogP contribution in [0.4, 0.5) is 0 Å². The summed E-state index contributed by atoms with van der Waals surface area (Å²) in [5.41, 5.74) is 1.07. The number of hydrogen-bond donors (Lipinski definition) is 1. The van der Waals surface area contributed by atoms with Gasteiger partial charge in [0.25, 0.3) is 0 Å². The Hall–Kier alpha value is -1.96. The van der Waals surface area contributed by atoms with E-state index in [1.54, 1.807) is 18.2 Å². The van der Waals surface area contributed by atoms with Crippen LogP contribution in [0.3, 0.4) is 0 Å². The Kier molecular flexibility index (Phi) is 3.52. The van der Waals surface area contributed by atoms with Gasteiger partial charge in [0, 0.05) is 6.26 Å². The fraction of sp³-hybridized carbons (Fsp3) is 0.364. The SMILES string of the molecule is CC(CS(C)(=O)=O)C(=O)Oc1cccc2[nH]nnc12. The summed E-state index contributed by atoms with van der Waals surface area (Å²) in [6.45, 7) is 1.51. The van der Waals surface area contributed by atoms with E-state index in [9.17, 15) is 13.2 Å². The summed E-state index contributed by atoms with van der Waals surface area (Å²) in [4.78, 5) is 11.8. The molecule has 0 aliphatic rings. The molecule has 0 aliphatic carbocycles. The van der Waals surface area contributed by atoms with E-state index in [2.05, 4.69) is 15.4 Å². The lowest BCUT2D eigenvalue weighted by Crippen LogP contribution is -2.24. The summed E-state index contributed by atoms with van der Waals surface area (Å²) in [5, 5.41) is 10.1. The predicted molar refractivity (Wildman–Crippen MR) is 68.4 cm³/mol. The standard InChI is InChI=1S/C11H13N3O4S/c1-7(6-19(2,16)17)11(15)18-9-5-3-4-8-10(9)13-14-12-8/h3-5,7H,6H2,1-2H3,(H,12,13,14). The second-order valence-electron chi connectivity index (χ2n) is 4.38. The second kappa shape index (κ2) is 4.96. The average molecular weight is 283 g/mol. The third-order valence-corrected chi connectivity index (χ3v) is 3.59. The molecule has 0 radical (unpaired) electrons. The van der Waals surface area contributed by atoms with Crippen molar-refractivity contribution in [3.05, 3.63) is 18.2 Å². The number of hydrogen-bond acceptors (Lipinski definition) is 6. The van der Waals surface area contributed by atoms with Crippen LogP contribution in [0.1, 0.15) is 6.92 Å². The molecule has 1 unspecified atom stereocenters. The molecule has 2 rings (SSSR count). The van der Waals surface area contributed by atoms with Gasteiger partial charge in [-0.25, -0.2) is 8.42 Å². The average Bonchev–Trinajstić information content (AvgIpc) is 2.75. The quantitative estimate of drug-likeness (QED) is 0.649. The highest BCUT2D eigenvalue weighted by Crippen LogP contribution is 2.22. The van der Waals surface area contributed by atoms with Crippen molar-refractivity contribution in [1.82, 2.24) is 15.4 Å². The van der Waals surface area contributed by atoms with Crippen LogP contribution in [0, 0.1) is 5.92 Å². The maximum atomic E-state index is 11.8. The molecule has 0 bridgehead atoms. The summed E-state index contributed by atoms with van der Waals surface area (Å²) in [5.74, 6) is -1.34. The Morgan fingerprint density at radius 3 is 2.89 bits per heavy atom. The molecule has 1 N–H and O–H groups in total. The number of nitrogens with zero attached hydrogens (tertiary/aromatic N) is 2. The number of carbonyl (C=O) groups excluding carboxylic acids is 1. The van der Waals surface area contributed by atoms with Crippen LogP contribution < -0.4 is 4.74 Å². The fourth-order valence-electron chi connectivity index (χ4n) is 1.66. The zero-order chi connectivity index (χ0) is 14.0. The van der Waals surface area contributed by atoms with Crippen molar-refractivity contribution >= 4 is 26.8 Å². The molecule has 0 amide bonds. The highest BCUT2D eigenvalue weighted by molar-refractivity contribution is 7.90. The molecule has 1 aromatic carbocycles. The molecular formula is C11H13N3O4S. The Morgan fingerprint density at radius 1 is 1.47 bits per heavy atom. The number of fused-ring (bicyclic) bond motifs is 1. The van der Waals surface area contributed by atoms with Gasteiger partial charge >= 0.3 is 5.97 Å². The number of ether oxygens (including phenoxy) is 1. The molecule has 102 valence electrons. The summed E-state index contributed by atoms with van der Waals surface area (Å²) in [6, 6.07) is 5.01. The van der Waals surface area contributed by atoms with Gasteiger partial charge in [-0.3, -0.25) is 9.89 Å². The summed E-state index contributed by atoms with van der Waals surface area (Å²) >= 11 is 0. The molecule has 7 nitrogen and oxygen atoms in total. The second-order valence-corrected chi connectivity index (χ2v) is 6.56. The first-order valence-electron chi connectivity index (χ1n) is 5.56. The molecule has 0 saturated carbocycles. The van der Waals surface area contributed by atoms with Gasteiger partial charge in [-0.05, 0) is 12.1 Å². The van der Waals surface area contributed by atoms with Crippen LogP contribution in [0.2, 0.25) is 0 Å². The van der Waals surface area contributed by atoms with Crippen molar-refractivity contribution in [2.24, 2.45) is 5.92 Å². The normalized spacial score (nSPS) is 13.4. The third kappa shape index (κ3) is 3.28. The molecule has 8 heteroatoms. The summed E-state index contributed by atoms with van der Waals surface area (Å²) in [7, 11) is -3.23. The molecule has 0 aliphatic heterocycles. The highest BCUT2D eigenvalue weighted by atomic mass is 32.2. The zero-order valence-corrected chi connectivity index (χ0v) is 11.3. The molecule has 1 aromatic heterocycles. The first-order valence-corrected chi connectivity index (χ1v) is 7.62. The number of sulfone groups is 1. The van der Waals surface area contributed by atoms with Gasteiger partial charge in [0.1, 0.15) is 9.84 Å². The van der Waals surface area contributed by atoms with Gasteiger partial charge in [0.2, 0.25) is 0 Å². The topological polar surface area (TPSA) is 102 Å². The predicted octanol–water partition coefficient (Wildman–Crippen LogP) is 0.544. The van der Waals surface area contributed by atoms with Gasteiger partial charge in [0.05, 0.1) is 17.2 Å². The number of aromatic amines is 1. The number of benzene rings is 1. The Labute approximate surface area is 109 Å². The van der Waals surface area contributed by atoms with Crippen LogP contribution in [-0.2, 0) is 14.6 Å². The largest absolute Gasteiger partial charge is 0.424 e. The van der Waals surface area contributed by atoms with E-state index in [1.165, 1.54) is 6.92 Å². The van der Waals surface area contributed by atoms with Crippen molar-refractivity contribution in [2.75, 3.05) is 12.0 Å². The van der Waals surface area contributed by atoms with E-state index in [0.717, 1.165) is 6.26 Å². The van der Waals surface area contributed by atoms with Gasteiger partial charge < -0.3 is 4.74 Å². The van der Waals surface area contributed by atoms with Crippen molar-refractivity contribution in [1.29, 1.82) is 0 Å². The molecule has 19 heavy (non-hydrogen) atoms. The van der Waals surface area contributed by atoms with Gasteiger partial charge in [-0.2, -0.15) is 0 Å². The van der Waals surface area contributed by atoms with Crippen molar-refractivity contribution in [3.63, 3.8) is 0 Å². The summed E-state index contributed by atoms with van der Waals surface area (Å²) in [6.07, 6.45) is 1.08. The Morgan fingerprint density at radius 2 is 2.21 bits per heavy atom. The monoisotopic (exact) mass is 283 g/mol. The molecule has 1 atom stereocenters. The number of nitrogens with one attached hydrogen (secondary N) is 1. The minimum atomic E-state index is -3.23. The molecule has 1 heterocycles. The summed E-state index contributed by atoms with van der Waals surface area (Å²) < 4.78 is 27.4. The number of carbonyl (C=O) groups is 1. The maximum absolute atomic E-state index is 11.8. The minimum absolute atomic E-state index is 0.249. The van der Waals surface area contributed by atoms with Crippen molar-refractivity contribution < 1.29 is 17.9 Å². The van der Waals surface area contributed by atoms with Crippen LogP contribution in [0.25, 0.3) is 11.0 Å². The third-order valence-electron chi connectivity index (χ3n) is 2.49. The maximum Gasteiger partial charge on any atom is 0.315 e. The highest BCUT2D eigenvalue weighted by Gasteiger charge is 2.21. The number of rotatable bonds is 4. The number of H-pyrrole nitrogens is 1. The van der Waals surface area contributed by atoms with Gasteiger partial charge in [-0.15, -0.1) is 5.10 Å².